The summed E-state index contributed by atoms with van der Waals surface area (Å²) < 4.78 is 16.8. The highest BCUT2D eigenvalue weighted by Gasteiger charge is 2.14. The highest BCUT2D eigenvalue weighted by atomic mass is 16.5. The minimum Gasteiger partial charge on any atom is -0.497 e. The van der Waals surface area contributed by atoms with Crippen LogP contribution in [-0.2, 0) is 10.2 Å². The van der Waals surface area contributed by atoms with Crippen molar-refractivity contribution in [2.24, 2.45) is 0 Å². The van der Waals surface area contributed by atoms with Crippen molar-refractivity contribution in [1.82, 2.24) is 4.98 Å². The lowest BCUT2D eigenvalue weighted by Gasteiger charge is -2.19. The molecule has 0 saturated carbocycles. The number of methoxy groups -OCH3 is 1. The average Bonchev–Trinajstić information content (AvgIpc) is 3.22. The molecule has 0 radical (unpaired) electrons. The van der Waals surface area contributed by atoms with Gasteiger partial charge < -0.3 is 19.2 Å². The van der Waals surface area contributed by atoms with Crippen LogP contribution in [0.15, 0.2) is 65.1 Å². The van der Waals surface area contributed by atoms with Gasteiger partial charge in [-0.05, 0) is 59.9 Å². The molecule has 6 heteroatoms. The minimum absolute atomic E-state index is 0.0687. The Bertz CT molecular complexity index is 1280. The molecule has 1 N–H and O–H groups in total. The number of nitrogens with one attached hydrogen (secondary N) is 1. The number of hydrogen-bond acceptors (Lipinski definition) is 5. The summed E-state index contributed by atoms with van der Waals surface area (Å²) in [5, 5.41) is 2.92. The van der Waals surface area contributed by atoms with Crippen LogP contribution in [0.25, 0.3) is 22.6 Å². The third-order valence-electron chi connectivity index (χ3n) is 5.44. The second-order valence-electron chi connectivity index (χ2n) is 8.99. The van der Waals surface area contributed by atoms with Crippen molar-refractivity contribution in [3.8, 4) is 23.0 Å². The van der Waals surface area contributed by atoms with Crippen LogP contribution in [0.4, 0.5) is 5.69 Å². The molecule has 1 aromatic heterocycles. The fraction of sp³-hybridized carbons (Fsp3) is 0.259. The third kappa shape index (κ3) is 5.17. The van der Waals surface area contributed by atoms with Gasteiger partial charge in [-0.25, -0.2) is 4.98 Å². The van der Waals surface area contributed by atoms with Gasteiger partial charge in [-0.2, -0.15) is 0 Å². The quantitative estimate of drug-likeness (QED) is 0.387. The standard InChI is InChI=1S/C27H28N2O4/c1-17-6-7-18(26-29-23-15-21(31-5)12-13-24(23)33-26)14-22(17)28-25(30)16-32-20-10-8-19(9-11-20)27(2,3)4/h6-15H,16H2,1-5H3,(H,28,30). The molecule has 0 bridgehead atoms. The van der Waals surface area contributed by atoms with E-state index in [0.717, 1.165) is 11.1 Å². The summed E-state index contributed by atoms with van der Waals surface area (Å²) in [7, 11) is 1.61. The zero-order chi connectivity index (χ0) is 23.6. The lowest BCUT2D eigenvalue weighted by Crippen LogP contribution is -2.20. The first-order valence-electron chi connectivity index (χ1n) is 10.8. The Morgan fingerprint density at radius 1 is 1.00 bits per heavy atom. The fourth-order valence-corrected chi connectivity index (χ4v) is 3.43. The van der Waals surface area contributed by atoms with E-state index < -0.39 is 0 Å². The number of nitrogens with zero attached hydrogens (tertiary/aromatic N) is 1. The summed E-state index contributed by atoms with van der Waals surface area (Å²) in [6.07, 6.45) is 0. The second kappa shape index (κ2) is 8.98. The Hall–Kier alpha value is -3.80. The summed E-state index contributed by atoms with van der Waals surface area (Å²) in [6.45, 7) is 8.32. The molecule has 4 aromatic rings. The predicted octanol–water partition coefficient (Wildman–Crippen LogP) is 6.13. The molecule has 0 spiro atoms. The Balaban J connectivity index is 1.45. The first-order chi connectivity index (χ1) is 15.7. The summed E-state index contributed by atoms with van der Waals surface area (Å²) in [5.41, 5.74) is 5.04. The number of benzene rings is 3. The van der Waals surface area contributed by atoms with E-state index in [4.69, 9.17) is 13.9 Å². The van der Waals surface area contributed by atoms with E-state index in [1.54, 1.807) is 7.11 Å². The number of oxazole rings is 1. The van der Waals surface area contributed by atoms with E-state index in [9.17, 15) is 4.79 Å². The van der Waals surface area contributed by atoms with Crippen LogP contribution < -0.4 is 14.8 Å². The third-order valence-corrected chi connectivity index (χ3v) is 5.44. The number of rotatable bonds is 6. The van der Waals surface area contributed by atoms with Gasteiger partial charge in [0.15, 0.2) is 12.2 Å². The number of amides is 1. The van der Waals surface area contributed by atoms with Crippen LogP contribution in [0.1, 0.15) is 31.9 Å². The van der Waals surface area contributed by atoms with Gasteiger partial charge in [0.05, 0.1) is 7.11 Å². The zero-order valence-corrected chi connectivity index (χ0v) is 19.6. The van der Waals surface area contributed by atoms with Crippen molar-refractivity contribution in [2.75, 3.05) is 19.0 Å². The molecule has 1 amide bonds. The van der Waals surface area contributed by atoms with Crippen molar-refractivity contribution < 1.29 is 18.7 Å². The lowest BCUT2D eigenvalue weighted by molar-refractivity contribution is -0.118. The molecule has 0 saturated heterocycles. The molecule has 4 rings (SSSR count). The van der Waals surface area contributed by atoms with Gasteiger partial charge in [0, 0.05) is 17.3 Å². The molecular weight excluding hydrogens is 416 g/mol. The normalized spacial score (nSPS) is 11.4. The number of hydrogen-bond donors (Lipinski definition) is 1. The summed E-state index contributed by atoms with van der Waals surface area (Å²) >= 11 is 0. The van der Waals surface area contributed by atoms with Gasteiger partial charge in [-0.3, -0.25) is 4.79 Å². The van der Waals surface area contributed by atoms with Crippen molar-refractivity contribution in [3.05, 3.63) is 71.8 Å². The van der Waals surface area contributed by atoms with Gasteiger partial charge in [0.25, 0.3) is 5.91 Å². The first-order valence-corrected chi connectivity index (χ1v) is 10.8. The lowest BCUT2D eigenvalue weighted by atomic mass is 9.87. The molecule has 3 aromatic carbocycles. The number of carbonyl (C=O) groups excluding carboxylic acids is 1. The van der Waals surface area contributed by atoms with Gasteiger partial charge in [0.2, 0.25) is 5.89 Å². The molecule has 0 aliphatic carbocycles. The summed E-state index contributed by atoms with van der Waals surface area (Å²) in [5.74, 6) is 1.61. The molecule has 1 heterocycles. The average molecular weight is 445 g/mol. The fourth-order valence-electron chi connectivity index (χ4n) is 3.43. The highest BCUT2D eigenvalue weighted by molar-refractivity contribution is 5.93. The molecule has 0 aliphatic heterocycles. The molecule has 170 valence electrons. The number of fused-ring (bicyclic) bond motifs is 1. The van der Waals surface area contributed by atoms with Gasteiger partial charge >= 0.3 is 0 Å². The Labute approximate surface area is 193 Å². The number of ether oxygens (including phenoxy) is 2. The van der Waals surface area contributed by atoms with E-state index in [1.807, 2.05) is 67.6 Å². The van der Waals surface area contributed by atoms with Crippen LogP contribution in [-0.4, -0.2) is 24.6 Å². The summed E-state index contributed by atoms with van der Waals surface area (Å²) in [6, 6.07) is 19.0. The van der Waals surface area contributed by atoms with Crippen molar-refractivity contribution in [3.63, 3.8) is 0 Å². The maximum Gasteiger partial charge on any atom is 0.262 e. The van der Waals surface area contributed by atoms with Crippen LogP contribution in [0, 0.1) is 6.92 Å². The maximum absolute atomic E-state index is 12.5. The molecular formula is C27H28N2O4. The molecule has 0 aliphatic rings. The number of anilines is 1. The van der Waals surface area contributed by atoms with Crippen molar-refractivity contribution in [1.29, 1.82) is 0 Å². The van der Waals surface area contributed by atoms with Gasteiger partial charge in [0.1, 0.15) is 17.0 Å². The predicted molar refractivity (Wildman–Crippen MR) is 130 cm³/mol. The minimum atomic E-state index is -0.238. The summed E-state index contributed by atoms with van der Waals surface area (Å²) in [4.78, 5) is 17.1. The van der Waals surface area contributed by atoms with Crippen LogP contribution >= 0.6 is 0 Å². The van der Waals surface area contributed by atoms with Crippen LogP contribution in [0.5, 0.6) is 11.5 Å². The van der Waals surface area contributed by atoms with E-state index in [0.29, 0.717) is 34.2 Å². The van der Waals surface area contributed by atoms with Gasteiger partial charge in [-0.15, -0.1) is 0 Å². The Morgan fingerprint density at radius 2 is 1.73 bits per heavy atom. The van der Waals surface area contributed by atoms with E-state index >= 15 is 0 Å². The largest absolute Gasteiger partial charge is 0.497 e. The van der Waals surface area contributed by atoms with E-state index in [2.05, 4.69) is 31.1 Å². The highest BCUT2D eigenvalue weighted by Crippen LogP contribution is 2.30. The maximum atomic E-state index is 12.5. The number of carbonyl (C=O) groups is 1. The molecule has 0 unspecified atom stereocenters. The molecule has 0 fully saturated rings. The van der Waals surface area contributed by atoms with Crippen LogP contribution in [0.3, 0.4) is 0 Å². The molecule has 33 heavy (non-hydrogen) atoms. The smallest absolute Gasteiger partial charge is 0.262 e. The monoisotopic (exact) mass is 444 g/mol. The van der Waals surface area contributed by atoms with Gasteiger partial charge in [-0.1, -0.05) is 39.0 Å². The molecule has 6 nitrogen and oxygen atoms in total. The second-order valence-corrected chi connectivity index (χ2v) is 8.99. The first kappa shape index (κ1) is 22.4. The van der Waals surface area contributed by atoms with E-state index in [1.165, 1.54) is 5.56 Å². The molecule has 0 atom stereocenters. The number of aryl methyl sites for hydroxylation is 1. The number of aromatic nitrogens is 1. The Morgan fingerprint density at radius 3 is 2.42 bits per heavy atom. The van der Waals surface area contributed by atoms with Crippen LogP contribution in [0.2, 0.25) is 0 Å². The SMILES string of the molecule is COc1ccc2oc(-c3ccc(C)c(NC(=O)COc4ccc(C(C)(C)C)cc4)c3)nc2c1. The Kier molecular flexibility index (Phi) is 6.09. The van der Waals surface area contributed by atoms with Crippen molar-refractivity contribution >= 4 is 22.7 Å². The van der Waals surface area contributed by atoms with Crippen molar-refractivity contribution in [2.45, 2.75) is 33.1 Å². The van der Waals surface area contributed by atoms with E-state index in [-0.39, 0.29) is 17.9 Å². The zero-order valence-electron chi connectivity index (χ0n) is 19.6. The topological polar surface area (TPSA) is 73.6 Å².